The number of nitrogens with one attached hydrogen (secondary N) is 1. The van der Waals surface area contributed by atoms with E-state index in [0.29, 0.717) is 0 Å². The molecule has 0 aliphatic carbocycles. The van der Waals surface area contributed by atoms with E-state index in [-0.39, 0.29) is 18.0 Å². The second kappa shape index (κ2) is 7.49. The van der Waals surface area contributed by atoms with Crippen LogP contribution in [0, 0.1) is 11.6 Å². The number of carbonyl (C=O) groups is 1. The molecule has 0 radical (unpaired) electrons. The number of likely N-dealkylation sites (tertiary alicyclic amines) is 1. The first-order valence-electron chi connectivity index (χ1n) is 8.01. The smallest absolute Gasteiger partial charge is 0.242 e. The van der Waals surface area contributed by atoms with Gasteiger partial charge < -0.3 is 5.32 Å². The van der Waals surface area contributed by atoms with Crippen LogP contribution in [-0.4, -0.2) is 28.9 Å². The fourth-order valence-corrected chi connectivity index (χ4v) is 3.02. The van der Waals surface area contributed by atoms with Crippen molar-refractivity contribution >= 4 is 5.91 Å². The molecule has 2 heterocycles. The zero-order valence-corrected chi connectivity index (χ0v) is 13.2. The van der Waals surface area contributed by atoms with Crippen LogP contribution in [0.15, 0.2) is 42.7 Å². The fourth-order valence-electron chi connectivity index (χ4n) is 3.02. The summed E-state index contributed by atoms with van der Waals surface area (Å²) in [5.41, 5.74) is 0.936. The van der Waals surface area contributed by atoms with Crippen LogP contribution in [-0.2, 0) is 11.3 Å². The summed E-state index contributed by atoms with van der Waals surface area (Å²) in [6.07, 6.45) is 5.42. The van der Waals surface area contributed by atoms with Crippen LogP contribution >= 0.6 is 0 Å². The lowest BCUT2D eigenvalue weighted by atomic mass is 10.1. The predicted octanol–water partition coefficient (Wildman–Crippen LogP) is 2.81. The number of rotatable bonds is 5. The van der Waals surface area contributed by atoms with Crippen LogP contribution in [0.25, 0.3) is 0 Å². The maximum atomic E-state index is 13.7. The second-order valence-corrected chi connectivity index (χ2v) is 5.89. The van der Waals surface area contributed by atoms with Crippen molar-refractivity contribution in [2.24, 2.45) is 0 Å². The van der Waals surface area contributed by atoms with Gasteiger partial charge >= 0.3 is 0 Å². The first-order valence-corrected chi connectivity index (χ1v) is 8.01. The minimum absolute atomic E-state index is 0.0486. The highest BCUT2D eigenvalue weighted by Crippen LogP contribution is 2.25. The Bertz CT molecular complexity index is 703. The van der Waals surface area contributed by atoms with E-state index in [9.17, 15) is 13.6 Å². The molecule has 1 amide bonds. The molecule has 0 spiro atoms. The molecule has 1 saturated heterocycles. The highest BCUT2D eigenvalue weighted by atomic mass is 19.1. The Hall–Kier alpha value is -2.34. The molecule has 2 aromatic rings. The van der Waals surface area contributed by atoms with E-state index in [1.54, 1.807) is 18.5 Å². The molecule has 1 atom stereocenters. The Morgan fingerprint density at radius 3 is 2.75 bits per heavy atom. The van der Waals surface area contributed by atoms with E-state index in [1.165, 1.54) is 0 Å². The number of pyridine rings is 1. The molecule has 1 N–H and O–H groups in total. The minimum Gasteiger partial charge on any atom is -0.350 e. The SMILES string of the molecule is O=C(NCc1cc(F)ccc1F)[C@@H](c1cccnc1)N1CCCC1. The van der Waals surface area contributed by atoms with Crippen LogP contribution in [0.4, 0.5) is 8.78 Å². The second-order valence-electron chi connectivity index (χ2n) is 5.89. The number of aromatic nitrogens is 1. The van der Waals surface area contributed by atoms with Crippen molar-refractivity contribution in [3.63, 3.8) is 0 Å². The third-order valence-electron chi connectivity index (χ3n) is 4.22. The lowest BCUT2D eigenvalue weighted by Crippen LogP contribution is -2.39. The van der Waals surface area contributed by atoms with Crippen molar-refractivity contribution in [2.75, 3.05) is 13.1 Å². The number of nitrogens with zero attached hydrogens (tertiary/aromatic N) is 2. The minimum atomic E-state index is -0.532. The highest BCUT2D eigenvalue weighted by molar-refractivity contribution is 5.83. The van der Waals surface area contributed by atoms with Gasteiger partial charge in [0.25, 0.3) is 0 Å². The monoisotopic (exact) mass is 331 g/mol. The average Bonchev–Trinajstić information content (AvgIpc) is 3.11. The van der Waals surface area contributed by atoms with Crippen molar-refractivity contribution in [1.29, 1.82) is 0 Å². The normalized spacial score (nSPS) is 16.1. The van der Waals surface area contributed by atoms with Gasteiger partial charge in [0.1, 0.15) is 17.7 Å². The van der Waals surface area contributed by atoms with Crippen LogP contribution in [0.1, 0.15) is 30.0 Å². The zero-order valence-electron chi connectivity index (χ0n) is 13.2. The largest absolute Gasteiger partial charge is 0.350 e. The number of amides is 1. The molecular weight excluding hydrogens is 312 g/mol. The van der Waals surface area contributed by atoms with Gasteiger partial charge in [-0.1, -0.05) is 6.07 Å². The number of halogens is 2. The van der Waals surface area contributed by atoms with E-state index in [2.05, 4.69) is 15.2 Å². The van der Waals surface area contributed by atoms with Gasteiger partial charge in [0, 0.05) is 24.5 Å². The van der Waals surface area contributed by atoms with Gasteiger partial charge in [-0.3, -0.25) is 14.7 Å². The van der Waals surface area contributed by atoms with Gasteiger partial charge in [-0.15, -0.1) is 0 Å². The number of hydrogen-bond acceptors (Lipinski definition) is 3. The Morgan fingerprint density at radius 2 is 2.04 bits per heavy atom. The molecular formula is C18H19F2N3O. The number of benzene rings is 1. The Balaban J connectivity index is 1.75. The van der Waals surface area contributed by atoms with Gasteiger partial charge in [-0.05, 0) is 55.8 Å². The van der Waals surface area contributed by atoms with E-state index >= 15 is 0 Å². The lowest BCUT2D eigenvalue weighted by molar-refractivity contribution is -0.126. The van der Waals surface area contributed by atoms with Gasteiger partial charge in [0.05, 0.1) is 0 Å². The maximum absolute atomic E-state index is 13.7. The first kappa shape index (κ1) is 16.5. The molecule has 24 heavy (non-hydrogen) atoms. The topological polar surface area (TPSA) is 45.2 Å². The van der Waals surface area contributed by atoms with Gasteiger partial charge in [0.15, 0.2) is 0 Å². The third-order valence-corrected chi connectivity index (χ3v) is 4.22. The molecule has 1 aromatic carbocycles. The molecule has 6 heteroatoms. The van der Waals surface area contributed by atoms with Crippen LogP contribution in [0.5, 0.6) is 0 Å². The Labute approximate surface area is 139 Å². The zero-order chi connectivity index (χ0) is 16.9. The van der Waals surface area contributed by atoms with Crippen molar-refractivity contribution < 1.29 is 13.6 Å². The van der Waals surface area contributed by atoms with Crippen molar-refractivity contribution in [3.05, 3.63) is 65.5 Å². The van der Waals surface area contributed by atoms with E-state index < -0.39 is 17.7 Å². The quantitative estimate of drug-likeness (QED) is 0.916. The lowest BCUT2D eigenvalue weighted by Gasteiger charge is -2.26. The summed E-state index contributed by atoms with van der Waals surface area (Å²) in [7, 11) is 0. The van der Waals surface area contributed by atoms with E-state index in [4.69, 9.17) is 0 Å². The molecule has 0 saturated carbocycles. The van der Waals surface area contributed by atoms with E-state index in [1.807, 2.05) is 6.07 Å². The third kappa shape index (κ3) is 3.76. The summed E-state index contributed by atoms with van der Waals surface area (Å²) < 4.78 is 27.0. The summed E-state index contributed by atoms with van der Waals surface area (Å²) in [6, 6.07) is 6.41. The highest BCUT2D eigenvalue weighted by Gasteiger charge is 2.29. The molecule has 1 fully saturated rings. The fraction of sp³-hybridized carbons (Fsp3) is 0.333. The summed E-state index contributed by atoms with van der Waals surface area (Å²) in [5.74, 6) is -1.28. The van der Waals surface area contributed by atoms with Crippen LogP contribution in [0.2, 0.25) is 0 Å². The Morgan fingerprint density at radius 1 is 1.25 bits per heavy atom. The molecule has 1 aromatic heterocycles. The summed E-state index contributed by atoms with van der Waals surface area (Å²) in [4.78, 5) is 18.9. The summed E-state index contributed by atoms with van der Waals surface area (Å²) in [6.45, 7) is 1.62. The summed E-state index contributed by atoms with van der Waals surface area (Å²) in [5, 5.41) is 2.73. The molecule has 0 bridgehead atoms. The average molecular weight is 331 g/mol. The van der Waals surface area contributed by atoms with Gasteiger partial charge in [-0.2, -0.15) is 0 Å². The van der Waals surface area contributed by atoms with Crippen molar-refractivity contribution in [3.8, 4) is 0 Å². The number of carbonyl (C=O) groups excluding carboxylic acids is 1. The first-order chi connectivity index (χ1) is 11.6. The summed E-state index contributed by atoms with van der Waals surface area (Å²) >= 11 is 0. The molecule has 4 nitrogen and oxygen atoms in total. The molecule has 3 rings (SSSR count). The van der Waals surface area contributed by atoms with Crippen LogP contribution in [0.3, 0.4) is 0 Å². The predicted molar refractivity (Wildman–Crippen MR) is 86.0 cm³/mol. The van der Waals surface area contributed by atoms with Crippen LogP contribution < -0.4 is 5.32 Å². The maximum Gasteiger partial charge on any atom is 0.242 e. The standard InChI is InChI=1S/C18H19F2N3O/c19-15-5-6-16(20)14(10-15)12-22-18(24)17(23-8-1-2-9-23)13-4-3-7-21-11-13/h3-7,10-11,17H,1-2,8-9,12H2,(H,22,24)/t17-/m1/s1. The van der Waals surface area contributed by atoms with E-state index in [0.717, 1.165) is 49.7 Å². The van der Waals surface area contributed by atoms with Gasteiger partial charge in [-0.25, -0.2) is 8.78 Å². The number of hydrogen-bond donors (Lipinski definition) is 1. The van der Waals surface area contributed by atoms with Gasteiger partial charge in [0.2, 0.25) is 5.91 Å². The van der Waals surface area contributed by atoms with Crippen molar-refractivity contribution in [1.82, 2.24) is 15.2 Å². The van der Waals surface area contributed by atoms with Crippen molar-refractivity contribution in [2.45, 2.75) is 25.4 Å². The molecule has 126 valence electrons. The molecule has 1 aliphatic rings. The Kier molecular flexibility index (Phi) is 5.15. The molecule has 0 unspecified atom stereocenters. The molecule has 1 aliphatic heterocycles.